The van der Waals surface area contributed by atoms with Crippen LogP contribution in [0.25, 0.3) is 0 Å². The predicted molar refractivity (Wildman–Crippen MR) is 62.6 cm³/mol. The third-order valence-electron chi connectivity index (χ3n) is 2.01. The molecule has 3 N–H and O–H groups in total. The maximum absolute atomic E-state index is 12.3. The van der Waals surface area contributed by atoms with E-state index in [1.165, 1.54) is 17.8 Å². The van der Waals surface area contributed by atoms with E-state index in [2.05, 4.69) is 10.1 Å². The number of thioether (sulfide) groups is 1. The molecule has 0 spiro atoms. The molecule has 0 amide bonds. The molecule has 18 heavy (non-hydrogen) atoms. The largest absolute Gasteiger partial charge is 0.417 e. The van der Waals surface area contributed by atoms with E-state index in [1.807, 2.05) is 6.92 Å². The SMILES string of the molecule is CC(CC(N)=NO)Sc1ccc(C(F)(F)F)cn1. The van der Waals surface area contributed by atoms with Crippen molar-refractivity contribution in [2.75, 3.05) is 0 Å². The lowest BCUT2D eigenvalue weighted by atomic mass is 10.3. The van der Waals surface area contributed by atoms with Gasteiger partial charge in [-0.1, -0.05) is 12.1 Å². The summed E-state index contributed by atoms with van der Waals surface area (Å²) in [4.78, 5) is 3.72. The van der Waals surface area contributed by atoms with Gasteiger partial charge in [-0.15, -0.1) is 11.8 Å². The van der Waals surface area contributed by atoms with Crippen molar-refractivity contribution >= 4 is 17.6 Å². The molecule has 100 valence electrons. The van der Waals surface area contributed by atoms with Gasteiger partial charge in [0.1, 0.15) is 5.84 Å². The molecule has 1 atom stereocenters. The van der Waals surface area contributed by atoms with E-state index in [0.717, 1.165) is 12.3 Å². The fourth-order valence-electron chi connectivity index (χ4n) is 1.20. The van der Waals surface area contributed by atoms with Gasteiger partial charge in [-0.25, -0.2) is 4.98 Å². The minimum absolute atomic E-state index is 0.0508. The second-order valence-corrected chi connectivity index (χ2v) is 5.07. The molecule has 1 heterocycles. The van der Waals surface area contributed by atoms with Gasteiger partial charge < -0.3 is 10.9 Å². The number of hydrogen-bond acceptors (Lipinski definition) is 4. The van der Waals surface area contributed by atoms with Crippen LogP contribution < -0.4 is 5.73 Å². The number of oxime groups is 1. The third-order valence-corrected chi connectivity index (χ3v) is 3.06. The fraction of sp³-hybridized carbons (Fsp3) is 0.400. The molecule has 0 radical (unpaired) electrons. The van der Waals surface area contributed by atoms with Gasteiger partial charge in [0, 0.05) is 17.9 Å². The molecule has 0 saturated carbocycles. The van der Waals surface area contributed by atoms with E-state index in [-0.39, 0.29) is 11.1 Å². The van der Waals surface area contributed by atoms with Crippen molar-refractivity contribution in [1.82, 2.24) is 4.98 Å². The number of halogens is 3. The van der Waals surface area contributed by atoms with Crippen molar-refractivity contribution in [3.05, 3.63) is 23.9 Å². The molecule has 0 aliphatic carbocycles. The Morgan fingerprint density at radius 3 is 2.67 bits per heavy atom. The Morgan fingerprint density at radius 2 is 2.22 bits per heavy atom. The average Bonchev–Trinajstić information content (AvgIpc) is 2.28. The van der Waals surface area contributed by atoms with E-state index < -0.39 is 11.7 Å². The van der Waals surface area contributed by atoms with Crippen LogP contribution in [0.3, 0.4) is 0 Å². The van der Waals surface area contributed by atoms with E-state index in [4.69, 9.17) is 10.9 Å². The first kappa shape index (κ1) is 14.6. The van der Waals surface area contributed by atoms with Gasteiger partial charge in [0.15, 0.2) is 0 Å². The average molecular weight is 279 g/mol. The van der Waals surface area contributed by atoms with Gasteiger partial charge in [0.2, 0.25) is 0 Å². The van der Waals surface area contributed by atoms with Gasteiger partial charge >= 0.3 is 6.18 Å². The summed E-state index contributed by atoms with van der Waals surface area (Å²) in [5.41, 5.74) is 4.54. The lowest BCUT2D eigenvalue weighted by molar-refractivity contribution is -0.137. The number of nitrogens with zero attached hydrogens (tertiary/aromatic N) is 2. The molecule has 0 bridgehead atoms. The van der Waals surface area contributed by atoms with Gasteiger partial charge in [-0.2, -0.15) is 13.2 Å². The Kier molecular flexibility index (Phi) is 4.83. The number of amidine groups is 1. The molecule has 0 saturated heterocycles. The predicted octanol–water partition coefficient (Wildman–Crippen LogP) is 2.72. The van der Waals surface area contributed by atoms with Crippen molar-refractivity contribution in [2.24, 2.45) is 10.9 Å². The van der Waals surface area contributed by atoms with Gasteiger partial charge in [-0.3, -0.25) is 0 Å². The number of rotatable bonds is 4. The second-order valence-electron chi connectivity index (χ2n) is 3.61. The molecular weight excluding hydrogens is 267 g/mol. The first-order valence-corrected chi connectivity index (χ1v) is 5.87. The van der Waals surface area contributed by atoms with E-state index >= 15 is 0 Å². The van der Waals surface area contributed by atoms with Crippen LogP contribution in [0.1, 0.15) is 18.9 Å². The molecule has 1 rings (SSSR count). The molecule has 0 aliphatic rings. The Balaban J connectivity index is 2.64. The molecule has 8 heteroatoms. The second kappa shape index (κ2) is 5.94. The molecule has 1 aromatic rings. The highest BCUT2D eigenvalue weighted by Crippen LogP contribution is 2.30. The van der Waals surface area contributed by atoms with Crippen LogP contribution in [0.2, 0.25) is 0 Å². The zero-order chi connectivity index (χ0) is 13.8. The lowest BCUT2D eigenvalue weighted by Gasteiger charge is -2.10. The summed E-state index contributed by atoms with van der Waals surface area (Å²) in [6, 6.07) is 2.28. The number of alkyl halides is 3. The molecule has 1 aromatic heterocycles. The van der Waals surface area contributed by atoms with E-state index in [9.17, 15) is 13.2 Å². The van der Waals surface area contributed by atoms with Crippen LogP contribution in [0.4, 0.5) is 13.2 Å². The van der Waals surface area contributed by atoms with Crippen molar-refractivity contribution in [3.8, 4) is 0 Å². The molecular formula is C10H12F3N3OS. The normalized spacial score (nSPS) is 14.6. The number of aromatic nitrogens is 1. The van der Waals surface area contributed by atoms with Gasteiger partial charge in [0.25, 0.3) is 0 Å². The Hall–Kier alpha value is -1.44. The number of hydrogen-bond donors (Lipinski definition) is 2. The molecule has 0 aromatic carbocycles. The summed E-state index contributed by atoms with van der Waals surface area (Å²) < 4.78 is 36.9. The zero-order valence-corrected chi connectivity index (χ0v) is 10.3. The van der Waals surface area contributed by atoms with Crippen molar-refractivity contribution < 1.29 is 18.4 Å². The number of nitrogens with two attached hydrogens (primary N) is 1. The minimum Gasteiger partial charge on any atom is -0.409 e. The highest BCUT2D eigenvalue weighted by atomic mass is 32.2. The molecule has 4 nitrogen and oxygen atoms in total. The smallest absolute Gasteiger partial charge is 0.409 e. The van der Waals surface area contributed by atoms with Crippen LogP contribution in [-0.4, -0.2) is 21.3 Å². The number of pyridine rings is 1. The van der Waals surface area contributed by atoms with Crippen LogP contribution in [0, 0.1) is 0 Å². The fourth-order valence-corrected chi connectivity index (χ4v) is 2.13. The Morgan fingerprint density at radius 1 is 1.56 bits per heavy atom. The maximum atomic E-state index is 12.3. The summed E-state index contributed by atoms with van der Waals surface area (Å²) in [7, 11) is 0. The summed E-state index contributed by atoms with van der Waals surface area (Å²) in [6.45, 7) is 1.81. The zero-order valence-electron chi connectivity index (χ0n) is 9.48. The highest BCUT2D eigenvalue weighted by molar-refractivity contribution is 7.99. The minimum atomic E-state index is -4.38. The lowest BCUT2D eigenvalue weighted by Crippen LogP contribution is -2.16. The standard InChI is InChI=1S/C10H12F3N3OS/c1-6(4-8(14)16-17)18-9-3-2-7(5-15-9)10(11,12)13/h2-3,5-6,17H,4H2,1H3,(H2,14,16). The summed E-state index contributed by atoms with van der Waals surface area (Å²) in [5.74, 6) is 0.0712. The van der Waals surface area contributed by atoms with Gasteiger partial charge in [-0.05, 0) is 12.1 Å². The molecule has 1 unspecified atom stereocenters. The highest BCUT2D eigenvalue weighted by Gasteiger charge is 2.30. The Bertz CT molecular complexity index is 419. The van der Waals surface area contributed by atoms with Crippen LogP contribution in [0.15, 0.2) is 28.5 Å². The molecule has 0 fully saturated rings. The van der Waals surface area contributed by atoms with E-state index in [1.54, 1.807) is 0 Å². The van der Waals surface area contributed by atoms with Crippen molar-refractivity contribution in [3.63, 3.8) is 0 Å². The topological polar surface area (TPSA) is 71.5 Å². The third kappa shape index (κ3) is 4.44. The summed E-state index contributed by atoms with van der Waals surface area (Å²) in [5, 5.41) is 11.6. The van der Waals surface area contributed by atoms with E-state index in [0.29, 0.717) is 11.4 Å². The van der Waals surface area contributed by atoms with Crippen molar-refractivity contribution in [2.45, 2.75) is 29.8 Å². The van der Waals surface area contributed by atoms with Crippen LogP contribution >= 0.6 is 11.8 Å². The molecule has 0 aliphatic heterocycles. The Labute approximate surface area is 106 Å². The summed E-state index contributed by atoms with van der Waals surface area (Å²) >= 11 is 1.26. The summed E-state index contributed by atoms with van der Waals surface area (Å²) in [6.07, 6.45) is -3.27. The van der Waals surface area contributed by atoms with Gasteiger partial charge in [0.05, 0.1) is 10.6 Å². The first-order valence-electron chi connectivity index (χ1n) is 4.99. The van der Waals surface area contributed by atoms with Crippen molar-refractivity contribution in [1.29, 1.82) is 0 Å². The monoisotopic (exact) mass is 279 g/mol. The van der Waals surface area contributed by atoms with Crippen LogP contribution in [-0.2, 0) is 6.18 Å². The first-order chi connectivity index (χ1) is 8.32. The quantitative estimate of drug-likeness (QED) is 0.292. The maximum Gasteiger partial charge on any atom is 0.417 e. The van der Waals surface area contributed by atoms with Crippen LogP contribution in [0.5, 0.6) is 0 Å².